The molecule has 2 aromatic rings. The van der Waals surface area contributed by atoms with Gasteiger partial charge in [-0.1, -0.05) is 42.1 Å². The number of para-hydroxylation sites is 1. The van der Waals surface area contributed by atoms with Gasteiger partial charge in [0.1, 0.15) is 9.46 Å². The maximum absolute atomic E-state index is 12.7. The second-order valence-electron chi connectivity index (χ2n) is 5.74. The van der Waals surface area contributed by atoms with Crippen LogP contribution in [0.25, 0.3) is 0 Å². The van der Waals surface area contributed by atoms with E-state index in [0.717, 1.165) is 23.1 Å². The van der Waals surface area contributed by atoms with Gasteiger partial charge in [-0.2, -0.15) is 8.42 Å². The number of benzene rings is 1. The molecule has 1 aliphatic rings. The largest absolute Gasteiger partial charge is 0.326 e. The van der Waals surface area contributed by atoms with Gasteiger partial charge in [-0.05, 0) is 23.6 Å². The molecule has 2 heterocycles. The molecule has 1 atom stereocenters. The van der Waals surface area contributed by atoms with Crippen LogP contribution < -0.4 is 5.32 Å². The molecule has 1 aromatic carbocycles. The van der Waals surface area contributed by atoms with Gasteiger partial charge in [0, 0.05) is 18.7 Å². The minimum absolute atomic E-state index is 0.0517. The Morgan fingerprint density at radius 2 is 2.00 bits per heavy atom. The summed E-state index contributed by atoms with van der Waals surface area (Å²) >= 11 is 2.02. The summed E-state index contributed by atoms with van der Waals surface area (Å²) in [5, 5.41) is 3.66. The lowest BCUT2D eigenvalue weighted by Gasteiger charge is -2.13. The first-order valence-electron chi connectivity index (χ1n) is 8.23. The molecule has 0 radical (unpaired) electrons. The van der Waals surface area contributed by atoms with Gasteiger partial charge < -0.3 is 5.32 Å². The summed E-state index contributed by atoms with van der Waals surface area (Å²) in [4.78, 5) is 26.2. The zero-order chi connectivity index (χ0) is 20.1. The molecule has 0 aliphatic carbocycles. The number of amides is 2. The first-order chi connectivity index (χ1) is 13.4. The Kier molecular flexibility index (Phi) is 6.32. The van der Waals surface area contributed by atoms with E-state index in [4.69, 9.17) is 0 Å². The summed E-state index contributed by atoms with van der Waals surface area (Å²) < 4.78 is 28.8. The third-order valence-corrected chi connectivity index (χ3v) is 7.64. The van der Waals surface area contributed by atoms with Gasteiger partial charge in [0.05, 0.1) is 0 Å². The Labute approximate surface area is 171 Å². The SMILES string of the molecule is C=CCN1C(=O)[C@@H](CC(=O)Nc2ccccc2)SC1=NS(=O)(=O)c1cccs1. The average molecular weight is 436 g/mol. The summed E-state index contributed by atoms with van der Waals surface area (Å²) in [5.74, 6) is -0.703. The highest BCUT2D eigenvalue weighted by Gasteiger charge is 2.39. The van der Waals surface area contributed by atoms with Gasteiger partial charge in [0.25, 0.3) is 10.0 Å². The molecule has 28 heavy (non-hydrogen) atoms. The molecule has 1 aromatic heterocycles. The van der Waals surface area contributed by atoms with Gasteiger partial charge in [-0.3, -0.25) is 14.5 Å². The first-order valence-corrected chi connectivity index (χ1v) is 11.4. The van der Waals surface area contributed by atoms with Crippen molar-refractivity contribution in [3.63, 3.8) is 0 Å². The van der Waals surface area contributed by atoms with Crippen LogP contribution in [0.2, 0.25) is 0 Å². The van der Waals surface area contributed by atoms with E-state index in [0.29, 0.717) is 5.69 Å². The van der Waals surface area contributed by atoms with E-state index in [2.05, 4.69) is 16.3 Å². The van der Waals surface area contributed by atoms with Crippen LogP contribution in [0.1, 0.15) is 6.42 Å². The molecule has 146 valence electrons. The number of thioether (sulfide) groups is 1. The van der Waals surface area contributed by atoms with Crippen molar-refractivity contribution >= 4 is 55.8 Å². The lowest BCUT2D eigenvalue weighted by molar-refractivity contribution is -0.127. The molecule has 3 rings (SSSR count). The third-order valence-electron chi connectivity index (χ3n) is 3.71. The Balaban J connectivity index is 1.77. The van der Waals surface area contributed by atoms with Crippen LogP contribution in [-0.2, 0) is 19.6 Å². The molecule has 2 amide bonds. The summed E-state index contributed by atoms with van der Waals surface area (Å²) in [5.41, 5.74) is 0.625. The average Bonchev–Trinajstić information content (AvgIpc) is 3.28. The number of carbonyl (C=O) groups is 2. The van der Waals surface area contributed by atoms with Crippen LogP contribution in [0.15, 0.2) is 69.1 Å². The van der Waals surface area contributed by atoms with Crippen molar-refractivity contribution in [2.75, 3.05) is 11.9 Å². The molecular formula is C18H17N3O4S3. The molecule has 1 saturated heterocycles. The second kappa shape index (κ2) is 8.72. The van der Waals surface area contributed by atoms with Crippen LogP contribution in [0.4, 0.5) is 5.69 Å². The molecule has 0 bridgehead atoms. The predicted molar refractivity (Wildman–Crippen MR) is 112 cm³/mol. The number of hydrogen-bond acceptors (Lipinski definition) is 6. The van der Waals surface area contributed by atoms with Crippen molar-refractivity contribution in [2.45, 2.75) is 15.9 Å². The smallest absolute Gasteiger partial charge is 0.294 e. The number of hydrogen-bond donors (Lipinski definition) is 1. The fourth-order valence-corrected chi connectivity index (χ4v) is 5.80. The van der Waals surface area contributed by atoms with Gasteiger partial charge in [-0.25, -0.2) is 0 Å². The third kappa shape index (κ3) is 4.70. The number of nitrogens with one attached hydrogen (secondary N) is 1. The van der Waals surface area contributed by atoms with Gasteiger partial charge in [0.2, 0.25) is 11.8 Å². The molecular weight excluding hydrogens is 418 g/mol. The predicted octanol–water partition coefficient (Wildman–Crippen LogP) is 2.95. The van der Waals surface area contributed by atoms with Gasteiger partial charge >= 0.3 is 0 Å². The maximum atomic E-state index is 12.7. The van der Waals surface area contributed by atoms with E-state index in [1.54, 1.807) is 35.7 Å². The Bertz CT molecular complexity index is 1000. The highest BCUT2D eigenvalue weighted by Crippen LogP contribution is 2.31. The highest BCUT2D eigenvalue weighted by molar-refractivity contribution is 8.16. The van der Waals surface area contributed by atoms with E-state index in [1.807, 2.05) is 6.07 Å². The maximum Gasteiger partial charge on any atom is 0.294 e. The number of thiophene rings is 1. The van der Waals surface area contributed by atoms with Crippen LogP contribution in [0.5, 0.6) is 0 Å². The van der Waals surface area contributed by atoms with Gasteiger partial charge in [-0.15, -0.1) is 22.3 Å². The van der Waals surface area contributed by atoms with E-state index < -0.39 is 15.3 Å². The molecule has 1 N–H and O–H groups in total. The number of nitrogens with zero attached hydrogens (tertiary/aromatic N) is 2. The highest BCUT2D eigenvalue weighted by atomic mass is 32.2. The number of sulfonamides is 1. The summed E-state index contributed by atoms with van der Waals surface area (Å²) in [6, 6.07) is 12.0. The van der Waals surface area contributed by atoms with Crippen LogP contribution in [-0.4, -0.2) is 42.1 Å². The topological polar surface area (TPSA) is 95.9 Å². The van der Waals surface area contributed by atoms with E-state index in [-0.39, 0.29) is 34.2 Å². The van der Waals surface area contributed by atoms with Crippen molar-refractivity contribution < 1.29 is 18.0 Å². The van der Waals surface area contributed by atoms with Gasteiger partial charge in [0.15, 0.2) is 5.17 Å². The zero-order valence-electron chi connectivity index (χ0n) is 14.6. The van der Waals surface area contributed by atoms with Crippen molar-refractivity contribution in [3.05, 3.63) is 60.5 Å². The fourth-order valence-electron chi connectivity index (χ4n) is 2.47. The number of amidine groups is 1. The van der Waals surface area contributed by atoms with E-state index in [9.17, 15) is 18.0 Å². The fraction of sp³-hybridized carbons (Fsp3) is 0.167. The van der Waals surface area contributed by atoms with Crippen molar-refractivity contribution in [2.24, 2.45) is 4.40 Å². The zero-order valence-corrected chi connectivity index (χ0v) is 17.1. The lowest BCUT2D eigenvalue weighted by atomic mass is 10.2. The standard InChI is InChI=1S/C18H17N3O4S3/c1-2-10-21-17(23)14(12-15(22)19-13-7-4-3-5-8-13)27-18(21)20-28(24,25)16-9-6-11-26-16/h2-9,11,14H,1,10,12H2,(H,19,22)/t14-/m1/s1. The van der Waals surface area contributed by atoms with E-state index >= 15 is 0 Å². The Morgan fingerprint density at radius 3 is 2.64 bits per heavy atom. The lowest BCUT2D eigenvalue weighted by Crippen LogP contribution is -2.33. The number of anilines is 1. The van der Waals surface area contributed by atoms with Crippen LogP contribution in [0.3, 0.4) is 0 Å². The van der Waals surface area contributed by atoms with Crippen molar-refractivity contribution in [1.29, 1.82) is 0 Å². The molecule has 0 unspecified atom stereocenters. The molecule has 0 spiro atoms. The van der Waals surface area contributed by atoms with E-state index in [1.165, 1.54) is 17.0 Å². The Hall–Kier alpha value is -2.43. The minimum Gasteiger partial charge on any atom is -0.326 e. The monoisotopic (exact) mass is 435 g/mol. The minimum atomic E-state index is -3.92. The molecule has 7 nitrogen and oxygen atoms in total. The van der Waals surface area contributed by atoms with Crippen LogP contribution >= 0.6 is 23.1 Å². The van der Waals surface area contributed by atoms with Crippen molar-refractivity contribution in [3.8, 4) is 0 Å². The summed E-state index contributed by atoms with van der Waals surface area (Å²) in [7, 11) is -3.92. The molecule has 1 fully saturated rings. The quantitative estimate of drug-likeness (QED) is 0.675. The summed E-state index contributed by atoms with van der Waals surface area (Å²) in [6.07, 6.45) is 1.39. The molecule has 10 heteroatoms. The molecule has 1 aliphatic heterocycles. The summed E-state index contributed by atoms with van der Waals surface area (Å²) in [6.45, 7) is 3.71. The first kappa shape index (κ1) is 20.3. The van der Waals surface area contributed by atoms with Crippen LogP contribution in [0, 0.1) is 0 Å². The van der Waals surface area contributed by atoms with Crippen molar-refractivity contribution in [1.82, 2.24) is 4.90 Å². The number of rotatable bonds is 7. The number of carbonyl (C=O) groups excluding carboxylic acids is 2. The second-order valence-corrected chi connectivity index (χ2v) is 9.69. The normalized spacial score (nSPS) is 18.4. The Morgan fingerprint density at radius 1 is 1.25 bits per heavy atom. The molecule has 0 saturated carbocycles.